The molecule has 1 aromatic carbocycles. The third-order valence-corrected chi connectivity index (χ3v) is 5.15. The number of anilines is 1. The van der Waals surface area contributed by atoms with Gasteiger partial charge in [0, 0.05) is 24.6 Å². The van der Waals surface area contributed by atoms with Crippen molar-refractivity contribution in [1.29, 1.82) is 5.26 Å². The second-order valence-corrected chi connectivity index (χ2v) is 6.86. The topological polar surface area (TPSA) is 82.0 Å². The smallest absolute Gasteiger partial charge is 0.267 e. The van der Waals surface area contributed by atoms with Crippen molar-refractivity contribution in [1.82, 2.24) is 5.32 Å². The highest BCUT2D eigenvalue weighted by Crippen LogP contribution is 2.28. The van der Waals surface area contributed by atoms with Crippen LogP contribution in [0, 0.1) is 17.1 Å². The van der Waals surface area contributed by atoms with Crippen LogP contribution in [0.15, 0.2) is 24.3 Å². The zero-order valence-electron chi connectivity index (χ0n) is 13.8. The Morgan fingerprint density at radius 3 is 2.75 bits per heavy atom. The first-order valence-electron chi connectivity index (χ1n) is 8.73. The molecule has 2 heterocycles. The van der Waals surface area contributed by atoms with Gasteiger partial charge in [0.05, 0.1) is 5.92 Å². The minimum atomic E-state index is -0.240. The minimum absolute atomic E-state index is 0.182. The molecule has 0 aromatic heterocycles. The van der Waals surface area contributed by atoms with Crippen molar-refractivity contribution in [2.24, 2.45) is 5.92 Å². The molecule has 24 heavy (non-hydrogen) atoms. The lowest BCUT2D eigenvalue weighted by molar-refractivity contribution is -0.134. The molecule has 0 aliphatic carbocycles. The molecule has 0 radical (unpaired) electrons. The van der Waals surface area contributed by atoms with Crippen LogP contribution in [0.2, 0.25) is 12.6 Å². The molecule has 2 amide bonds. The number of amides is 2. The zero-order valence-corrected chi connectivity index (χ0v) is 13.8. The van der Waals surface area contributed by atoms with E-state index in [0.717, 1.165) is 43.3 Å². The molecule has 6 heteroatoms. The lowest BCUT2D eigenvalue weighted by atomic mass is 9.42. The van der Waals surface area contributed by atoms with Crippen LogP contribution in [0.25, 0.3) is 0 Å². The number of hydrogen-bond donors (Lipinski definition) is 2. The number of imide groups is 1. The maximum Gasteiger partial charge on any atom is 0.267 e. The van der Waals surface area contributed by atoms with Crippen LogP contribution in [0.4, 0.5) is 5.69 Å². The van der Waals surface area contributed by atoms with Crippen molar-refractivity contribution >= 4 is 24.2 Å². The molecular weight excluding hydrogens is 301 g/mol. The number of rotatable bonds is 4. The van der Waals surface area contributed by atoms with Crippen LogP contribution in [-0.2, 0) is 9.59 Å². The Hall–Kier alpha value is -2.29. The largest absolute Gasteiger partial charge is 0.385 e. The normalized spacial score (nSPS) is 22.0. The summed E-state index contributed by atoms with van der Waals surface area (Å²) in [6.45, 7) is 1.13. The summed E-state index contributed by atoms with van der Waals surface area (Å²) in [7, 11) is 0. The average molecular weight is 323 g/mol. The number of piperidine rings is 1. The molecule has 0 spiro atoms. The molecular formula is C18H22BN3O2. The molecule has 5 nitrogen and oxygen atoms in total. The lowest BCUT2D eigenvalue weighted by Crippen LogP contribution is -2.39. The zero-order chi connectivity index (χ0) is 16.9. The molecule has 1 atom stereocenters. The van der Waals surface area contributed by atoms with Crippen molar-refractivity contribution in [3.8, 4) is 5.97 Å². The molecule has 2 saturated heterocycles. The number of nitrogens with one attached hydrogen (secondary N) is 2. The second-order valence-electron chi connectivity index (χ2n) is 6.86. The van der Waals surface area contributed by atoms with Crippen molar-refractivity contribution in [3.05, 3.63) is 29.8 Å². The summed E-state index contributed by atoms with van der Waals surface area (Å²) in [5, 5.41) is 14.8. The molecule has 124 valence electrons. The Labute approximate surface area is 142 Å². The second kappa shape index (κ2) is 7.52. The van der Waals surface area contributed by atoms with Crippen molar-refractivity contribution in [3.63, 3.8) is 0 Å². The molecule has 0 saturated carbocycles. The van der Waals surface area contributed by atoms with Crippen LogP contribution < -0.4 is 10.6 Å². The highest BCUT2D eigenvalue weighted by atomic mass is 16.2. The maximum absolute atomic E-state index is 12.0. The molecule has 2 N–H and O–H groups in total. The van der Waals surface area contributed by atoms with Gasteiger partial charge in [-0.05, 0) is 30.0 Å². The van der Waals surface area contributed by atoms with Crippen LogP contribution in [0.3, 0.4) is 0 Å². The predicted molar refractivity (Wildman–Crippen MR) is 93.8 cm³/mol. The van der Waals surface area contributed by atoms with E-state index in [0.29, 0.717) is 18.8 Å². The SMILES string of the molecule is N#CB1CCC(CNc2cccc(C3CCC(=O)NC3=O)c2)CC1. The fourth-order valence-corrected chi connectivity index (χ4v) is 3.63. The summed E-state index contributed by atoms with van der Waals surface area (Å²) >= 11 is 0. The number of nitrogens with zero attached hydrogens (tertiary/aromatic N) is 1. The monoisotopic (exact) mass is 323 g/mol. The minimum Gasteiger partial charge on any atom is -0.385 e. The van der Waals surface area contributed by atoms with E-state index < -0.39 is 0 Å². The first-order chi connectivity index (χ1) is 11.7. The van der Waals surface area contributed by atoms with Crippen molar-refractivity contribution < 1.29 is 9.59 Å². The Balaban J connectivity index is 1.57. The number of nitriles is 1. The molecule has 2 aliphatic rings. The number of benzene rings is 1. The van der Waals surface area contributed by atoms with Gasteiger partial charge in [0.15, 0.2) is 0 Å². The average Bonchev–Trinajstić information content (AvgIpc) is 2.60. The molecule has 1 unspecified atom stereocenters. The van der Waals surface area contributed by atoms with Gasteiger partial charge in [-0.3, -0.25) is 14.9 Å². The first kappa shape index (κ1) is 16.6. The van der Waals surface area contributed by atoms with Gasteiger partial charge in [0.1, 0.15) is 0 Å². The summed E-state index contributed by atoms with van der Waals surface area (Å²) in [6, 6.07) is 7.93. The van der Waals surface area contributed by atoms with E-state index in [1.807, 2.05) is 24.3 Å². The van der Waals surface area contributed by atoms with Gasteiger partial charge in [-0.2, -0.15) is 0 Å². The third-order valence-electron chi connectivity index (χ3n) is 5.15. The highest BCUT2D eigenvalue weighted by Gasteiger charge is 2.28. The van der Waals surface area contributed by atoms with Crippen LogP contribution >= 0.6 is 0 Å². The Morgan fingerprint density at radius 2 is 2.04 bits per heavy atom. The molecule has 0 bridgehead atoms. The van der Waals surface area contributed by atoms with E-state index in [9.17, 15) is 9.59 Å². The Bertz CT molecular complexity index is 662. The first-order valence-corrected chi connectivity index (χ1v) is 8.73. The standard InChI is InChI=1S/C18H22BN3O2/c20-12-19-8-6-13(7-9-19)11-21-15-3-1-2-14(10-15)16-4-5-17(23)22-18(16)24/h1-3,10,13,16,21H,4-9,11H2,(H,22,23,24). The van der Waals surface area contributed by atoms with E-state index in [4.69, 9.17) is 5.26 Å². The Kier molecular flexibility index (Phi) is 5.19. The number of carbonyl (C=O) groups is 2. The van der Waals surface area contributed by atoms with Gasteiger partial charge in [0.2, 0.25) is 11.8 Å². The fourth-order valence-electron chi connectivity index (χ4n) is 3.63. The quantitative estimate of drug-likeness (QED) is 0.659. The lowest BCUT2D eigenvalue weighted by Gasteiger charge is -2.24. The Morgan fingerprint density at radius 1 is 1.25 bits per heavy atom. The molecule has 3 rings (SSSR count). The molecule has 2 fully saturated rings. The summed E-state index contributed by atoms with van der Waals surface area (Å²) in [5.41, 5.74) is 1.97. The van der Waals surface area contributed by atoms with Gasteiger partial charge >= 0.3 is 0 Å². The van der Waals surface area contributed by atoms with Crippen LogP contribution in [0.5, 0.6) is 0 Å². The predicted octanol–water partition coefficient (Wildman–Crippen LogP) is 2.59. The molecule has 1 aromatic rings. The van der Waals surface area contributed by atoms with Crippen LogP contribution in [0.1, 0.15) is 37.2 Å². The summed E-state index contributed by atoms with van der Waals surface area (Å²) in [4.78, 5) is 23.3. The maximum atomic E-state index is 12.0. The van der Waals surface area contributed by atoms with Gasteiger partial charge < -0.3 is 5.32 Å². The fraction of sp³-hybridized carbons (Fsp3) is 0.500. The van der Waals surface area contributed by atoms with Gasteiger partial charge in [-0.15, -0.1) is 0 Å². The highest BCUT2D eigenvalue weighted by molar-refractivity contribution is 6.67. The van der Waals surface area contributed by atoms with E-state index in [1.54, 1.807) is 0 Å². The van der Waals surface area contributed by atoms with E-state index in [2.05, 4.69) is 16.6 Å². The van der Waals surface area contributed by atoms with Gasteiger partial charge in [-0.25, -0.2) is 5.26 Å². The summed E-state index contributed by atoms with van der Waals surface area (Å²) < 4.78 is 0. The van der Waals surface area contributed by atoms with Crippen molar-refractivity contribution in [2.75, 3.05) is 11.9 Å². The summed E-state index contributed by atoms with van der Waals surface area (Å²) in [6.07, 6.45) is 5.16. The van der Waals surface area contributed by atoms with Gasteiger partial charge in [-0.1, -0.05) is 37.6 Å². The summed E-state index contributed by atoms with van der Waals surface area (Å²) in [5.74, 6) is 2.35. The van der Waals surface area contributed by atoms with E-state index >= 15 is 0 Å². The third kappa shape index (κ3) is 3.97. The van der Waals surface area contributed by atoms with E-state index in [1.165, 1.54) is 0 Å². The van der Waals surface area contributed by atoms with Crippen LogP contribution in [-0.4, -0.2) is 25.1 Å². The number of hydrogen-bond acceptors (Lipinski definition) is 4. The van der Waals surface area contributed by atoms with Crippen molar-refractivity contribution in [2.45, 2.75) is 44.2 Å². The van der Waals surface area contributed by atoms with E-state index in [-0.39, 0.29) is 24.4 Å². The number of carbonyl (C=O) groups excluding carboxylic acids is 2. The molecule has 2 aliphatic heterocycles. The van der Waals surface area contributed by atoms with Gasteiger partial charge in [0.25, 0.3) is 6.71 Å².